The molecule has 1 aromatic carbocycles. The van der Waals surface area contributed by atoms with E-state index >= 15 is 0 Å². The van der Waals surface area contributed by atoms with Crippen molar-refractivity contribution in [3.63, 3.8) is 0 Å². The minimum Gasteiger partial charge on any atom is -0.391 e. The Labute approximate surface area is 109 Å². The largest absolute Gasteiger partial charge is 0.391 e. The van der Waals surface area contributed by atoms with E-state index in [1.54, 1.807) is 18.2 Å². The third kappa shape index (κ3) is 1.56. The van der Waals surface area contributed by atoms with E-state index in [2.05, 4.69) is 0 Å². The van der Waals surface area contributed by atoms with Crippen LogP contribution in [0.5, 0.6) is 0 Å². The van der Waals surface area contributed by atoms with Gasteiger partial charge in [-0.3, -0.25) is 14.5 Å². The van der Waals surface area contributed by atoms with Gasteiger partial charge in [-0.25, -0.2) is 0 Å². The maximum absolute atomic E-state index is 12.0. The van der Waals surface area contributed by atoms with Crippen molar-refractivity contribution in [1.29, 1.82) is 0 Å². The van der Waals surface area contributed by atoms with Gasteiger partial charge in [0, 0.05) is 5.02 Å². The summed E-state index contributed by atoms with van der Waals surface area (Å²) in [6.45, 7) is 0. The molecule has 1 aromatic rings. The van der Waals surface area contributed by atoms with Gasteiger partial charge in [-0.05, 0) is 37.5 Å². The second-order valence-corrected chi connectivity index (χ2v) is 5.17. The normalized spacial score (nSPS) is 26.9. The molecule has 5 heteroatoms. The number of amides is 1. The third-order valence-electron chi connectivity index (χ3n) is 3.65. The first-order valence-corrected chi connectivity index (χ1v) is 6.33. The van der Waals surface area contributed by atoms with Crippen molar-refractivity contribution in [3.8, 4) is 0 Å². The summed E-state index contributed by atoms with van der Waals surface area (Å²) >= 11 is 5.92. The van der Waals surface area contributed by atoms with Gasteiger partial charge in [0.15, 0.2) is 0 Å². The molecule has 1 aliphatic carbocycles. The summed E-state index contributed by atoms with van der Waals surface area (Å²) in [5, 5.41) is 10.4. The highest BCUT2D eigenvalue weighted by atomic mass is 35.5. The molecule has 1 N–H and O–H groups in total. The van der Waals surface area contributed by atoms with E-state index < -0.39 is 17.8 Å². The monoisotopic (exact) mass is 265 g/mol. The fraction of sp³-hybridized carbons (Fsp3) is 0.385. The van der Waals surface area contributed by atoms with Crippen LogP contribution in [0.4, 0.5) is 5.69 Å². The summed E-state index contributed by atoms with van der Waals surface area (Å²) in [5.41, 5.74) is 0.909. The van der Waals surface area contributed by atoms with Gasteiger partial charge in [-0.1, -0.05) is 11.6 Å². The number of aliphatic hydroxyl groups is 1. The molecule has 0 saturated heterocycles. The minimum atomic E-state index is -0.563. The van der Waals surface area contributed by atoms with E-state index in [-0.39, 0.29) is 6.04 Å². The van der Waals surface area contributed by atoms with Crippen LogP contribution in [0.2, 0.25) is 5.02 Å². The fourth-order valence-electron chi connectivity index (χ4n) is 2.78. The first-order valence-electron chi connectivity index (χ1n) is 5.95. The summed E-state index contributed by atoms with van der Waals surface area (Å²) in [4.78, 5) is 25.3. The van der Waals surface area contributed by atoms with Gasteiger partial charge in [-0.2, -0.15) is 0 Å². The first kappa shape index (κ1) is 11.7. The molecule has 3 rings (SSSR count). The number of fused-ring (bicyclic) bond motifs is 1. The molecule has 0 radical (unpaired) electrons. The number of anilines is 1. The summed E-state index contributed by atoms with van der Waals surface area (Å²) in [5.74, 6) is -1.07. The number of aliphatic hydroxyl groups excluding tert-OH is 1. The Morgan fingerprint density at radius 2 is 2.06 bits per heavy atom. The Morgan fingerprint density at radius 1 is 1.28 bits per heavy atom. The van der Waals surface area contributed by atoms with Gasteiger partial charge in [0.05, 0.1) is 23.4 Å². The van der Waals surface area contributed by atoms with Crippen LogP contribution in [0, 0.1) is 0 Å². The highest BCUT2D eigenvalue weighted by molar-refractivity contribution is 6.52. The van der Waals surface area contributed by atoms with Crippen molar-refractivity contribution in [2.24, 2.45) is 0 Å². The molecule has 2 atom stereocenters. The molecule has 1 amide bonds. The molecule has 0 spiro atoms. The SMILES string of the molecule is O=C1C(=O)N([C@H]2CCC[C@@H]2O)c2cc(Cl)ccc21. The third-order valence-corrected chi connectivity index (χ3v) is 3.89. The molecular weight excluding hydrogens is 254 g/mol. The lowest BCUT2D eigenvalue weighted by Crippen LogP contribution is -2.43. The zero-order valence-electron chi connectivity index (χ0n) is 9.60. The fourth-order valence-corrected chi connectivity index (χ4v) is 2.95. The number of ketones is 1. The van der Waals surface area contributed by atoms with Gasteiger partial charge in [0.1, 0.15) is 0 Å². The van der Waals surface area contributed by atoms with Crippen LogP contribution in [-0.4, -0.2) is 28.9 Å². The van der Waals surface area contributed by atoms with E-state index in [0.29, 0.717) is 29.1 Å². The van der Waals surface area contributed by atoms with E-state index in [1.165, 1.54) is 4.90 Å². The van der Waals surface area contributed by atoms with Crippen molar-refractivity contribution in [1.82, 2.24) is 0 Å². The molecule has 0 unspecified atom stereocenters. The van der Waals surface area contributed by atoms with Crippen molar-refractivity contribution in [3.05, 3.63) is 28.8 Å². The Kier molecular flexibility index (Phi) is 2.64. The topological polar surface area (TPSA) is 57.6 Å². The predicted molar refractivity (Wildman–Crippen MR) is 66.9 cm³/mol. The van der Waals surface area contributed by atoms with Crippen molar-refractivity contribution < 1.29 is 14.7 Å². The molecule has 0 bridgehead atoms. The minimum absolute atomic E-state index is 0.304. The maximum Gasteiger partial charge on any atom is 0.299 e. The van der Waals surface area contributed by atoms with Crippen LogP contribution in [0.1, 0.15) is 29.6 Å². The molecule has 1 fully saturated rings. The average molecular weight is 266 g/mol. The van der Waals surface area contributed by atoms with Crippen LogP contribution < -0.4 is 4.90 Å². The number of rotatable bonds is 1. The summed E-state index contributed by atoms with van der Waals surface area (Å²) in [7, 11) is 0. The van der Waals surface area contributed by atoms with Crippen LogP contribution in [0.3, 0.4) is 0 Å². The van der Waals surface area contributed by atoms with Gasteiger partial charge < -0.3 is 5.11 Å². The second kappa shape index (κ2) is 4.07. The van der Waals surface area contributed by atoms with Crippen LogP contribution >= 0.6 is 11.6 Å². The van der Waals surface area contributed by atoms with Crippen LogP contribution in [0.15, 0.2) is 18.2 Å². The lowest BCUT2D eigenvalue weighted by atomic mass is 10.1. The lowest BCUT2D eigenvalue weighted by molar-refractivity contribution is -0.115. The summed E-state index contributed by atoms with van der Waals surface area (Å²) in [6.07, 6.45) is 1.68. The number of carbonyl (C=O) groups is 2. The molecule has 1 saturated carbocycles. The van der Waals surface area contributed by atoms with Gasteiger partial charge >= 0.3 is 0 Å². The Bertz CT molecular complexity index is 543. The smallest absolute Gasteiger partial charge is 0.299 e. The Morgan fingerprint density at radius 3 is 2.72 bits per heavy atom. The molecule has 2 aliphatic rings. The summed E-state index contributed by atoms with van der Waals surface area (Å²) in [6, 6.07) is 4.48. The molecule has 18 heavy (non-hydrogen) atoms. The molecule has 0 aromatic heterocycles. The van der Waals surface area contributed by atoms with Crippen LogP contribution in [-0.2, 0) is 4.79 Å². The number of carbonyl (C=O) groups excluding carboxylic acids is 2. The number of hydrogen-bond acceptors (Lipinski definition) is 3. The molecular formula is C13H12ClNO3. The highest BCUT2D eigenvalue weighted by Crippen LogP contribution is 2.37. The number of benzene rings is 1. The predicted octanol–water partition coefficient (Wildman–Crippen LogP) is 1.78. The zero-order chi connectivity index (χ0) is 12.9. The molecule has 4 nitrogen and oxygen atoms in total. The van der Waals surface area contributed by atoms with Crippen molar-refractivity contribution in [2.75, 3.05) is 4.90 Å². The summed E-state index contributed by atoms with van der Waals surface area (Å²) < 4.78 is 0. The second-order valence-electron chi connectivity index (χ2n) is 4.73. The van der Waals surface area contributed by atoms with E-state index in [4.69, 9.17) is 11.6 Å². The Balaban J connectivity index is 2.09. The number of hydrogen-bond donors (Lipinski definition) is 1. The highest BCUT2D eigenvalue weighted by Gasteiger charge is 2.43. The Hall–Kier alpha value is -1.39. The first-order chi connectivity index (χ1) is 8.59. The molecule has 1 heterocycles. The van der Waals surface area contributed by atoms with Gasteiger partial charge in [0.25, 0.3) is 11.7 Å². The van der Waals surface area contributed by atoms with Crippen molar-refractivity contribution in [2.45, 2.75) is 31.4 Å². The number of halogens is 1. The molecule has 1 aliphatic heterocycles. The maximum atomic E-state index is 12.0. The zero-order valence-corrected chi connectivity index (χ0v) is 10.4. The molecule has 94 valence electrons. The van der Waals surface area contributed by atoms with Gasteiger partial charge in [0.2, 0.25) is 0 Å². The van der Waals surface area contributed by atoms with Crippen LogP contribution in [0.25, 0.3) is 0 Å². The average Bonchev–Trinajstić information content (AvgIpc) is 2.84. The standard InChI is InChI=1S/C13H12ClNO3/c14-7-4-5-8-10(6-7)15(13(18)12(8)17)9-2-1-3-11(9)16/h4-6,9,11,16H,1-3H2/t9-,11-/m0/s1. The van der Waals surface area contributed by atoms with E-state index in [9.17, 15) is 14.7 Å². The van der Waals surface area contributed by atoms with Gasteiger partial charge in [-0.15, -0.1) is 0 Å². The van der Waals surface area contributed by atoms with E-state index in [0.717, 1.165) is 6.42 Å². The van der Waals surface area contributed by atoms with Crippen molar-refractivity contribution >= 4 is 29.0 Å². The number of Topliss-reactive ketones (excluding diaryl/α,β-unsaturated/α-hetero) is 1. The lowest BCUT2D eigenvalue weighted by Gasteiger charge is -2.26. The van der Waals surface area contributed by atoms with E-state index in [1.807, 2.05) is 0 Å². The number of nitrogens with zero attached hydrogens (tertiary/aromatic N) is 1. The quantitative estimate of drug-likeness (QED) is 0.788.